The van der Waals surface area contributed by atoms with Gasteiger partial charge in [0.25, 0.3) is 5.56 Å². The van der Waals surface area contributed by atoms with Crippen LogP contribution in [-0.2, 0) is 6.42 Å². The van der Waals surface area contributed by atoms with Crippen molar-refractivity contribution in [1.29, 1.82) is 0 Å². The first kappa shape index (κ1) is 15.3. The molecule has 2 aromatic carbocycles. The Morgan fingerprint density at radius 3 is 1.96 bits per heavy atom. The predicted octanol–water partition coefficient (Wildman–Crippen LogP) is 4.51. The second kappa shape index (κ2) is 7.10. The van der Waals surface area contributed by atoms with Crippen molar-refractivity contribution in [2.75, 3.05) is 0 Å². The Kier molecular flexibility index (Phi) is 4.72. The Balaban J connectivity index is 2.13. The Bertz CT molecular complexity index is 767. The van der Waals surface area contributed by atoms with Crippen LogP contribution in [0.1, 0.15) is 41.5 Å². The molecule has 2 heteroatoms. The largest absolute Gasteiger partial charge is 0.329 e. The van der Waals surface area contributed by atoms with Crippen LogP contribution in [0.5, 0.6) is 0 Å². The molecule has 0 radical (unpaired) electrons. The van der Waals surface area contributed by atoms with Crippen molar-refractivity contribution >= 4 is 0 Å². The number of pyridine rings is 1. The van der Waals surface area contributed by atoms with E-state index in [0.29, 0.717) is 0 Å². The van der Waals surface area contributed by atoms with E-state index in [1.807, 2.05) is 18.3 Å². The number of rotatable bonds is 5. The highest BCUT2D eigenvalue weighted by Gasteiger charge is 2.17. The van der Waals surface area contributed by atoms with Gasteiger partial charge in [-0.1, -0.05) is 74.0 Å². The molecule has 0 atom stereocenters. The molecule has 0 aliphatic heterocycles. The van der Waals surface area contributed by atoms with Gasteiger partial charge in [-0.2, -0.15) is 0 Å². The lowest BCUT2D eigenvalue weighted by Crippen LogP contribution is -2.14. The van der Waals surface area contributed by atoms with Crippen LogP contribution < -0.4 is 5.56 Å². The first-order chi connectivity index (χ1) is 11.3. The van der Waals surface area contributed by atoms with Gasteiger partial charge < -0.3 is 4.98 Å². The average Bonchev–Trinajstić information content (AvgIpc) is 2.60. The standard InChI is InChI=1S/C21H21NO/c1-2-9-18-14-19(15-22-21(18)23)20(16-10-5-3-6-11-16)17-12-7-4-8-13-17/h3-8,10-15,20H,2,9H2,1H3,(H,22,23). The van der Waals surface area contributed by atoms with Crippen molar-refractivity contribution in [2.24, 2.45) is 0 Å². The van der Waals surface area contributed by atoms with E-state index in [9.17, 15) is 4.79 Å². The van der Waals surface area contributed by atoms with Crippen LogP contribution >= 0.6 is 0 Å². The van der Waals surface area contributed by atoms with Gasteiger partial charge in [-0.3, -0.25) is 4.79 Å². The quantitative estimate of drug-likeness (QED) is 0.739. The molecule has 0 aliphatic carbocycles. The molecule has 1 heterocycles. The Morgan fingerprint density at radius 1 is 0.870 bits per heavy atom. The van der Waals surface area contributed by atoms with Crippen molar-refractivity contribution < 1.29 is 0 Å². The van der Waals surface area contributed by atoms with E-state index in [2.05, 4.69) is 66.5 Å². The predicted molar refractivity (Wildman–Crippen MR) is 94.9 cm³/mol. The van der Waals surface area contributed by atoms with Crippen molar-refractivity contribution in [3.8, 4) is 0 Å². The van der Waals surface area contributed by atoms with Crippen LogP contribution in [-0.4, -0.2) is 4.98 Å². The topological polar surface area (TPSA) is 32.9 Å². The lowest BCUT2D eigenvalue weighted by Gasteiger charge is -2.19. The minimum absolute atomic E-state index is 0.0236. The summed E-state index contributed by atoms with van der Waals surface area (Å²) in [7, 11) is 0. The Morgan fingerprint density at radius 2 is 1.43 bits per heavy atom. The molecule has 1 N–H and O–H groups in total. The minimum atomic E-state index is 0.0236. The molecule has 116 valence electrons. The molecule has 1 aromatic heterocycles. The number of nitrogens with one attached hydrogen (secondary N) is 1. The maximum absolute atomic E-state index is 12.0. The summed E-state index contributed by atoms with van der Waals surface area (Å²) in [6.07, 6.45) is 3.62. The molecule has 0 aliphatic rings. The van der Waals surface area contributed by atoms with Gasteiger partial charge >= 0.3 is 0 Å². The number of aromatic nitrogens is 1. The zero-order valence-corrected chi connectivity index (χ0v) is 13.3. The second-order valence-corrected chi connectivity index (χ2v) is 5.79. The normalized spacial score (nSPS) is 10.9. The molecule has 0 unspecified atom stereocenters. The molecule has 0 bridgehead atoms. The molecular weight excluding hydrogens is 282 g/mol. The lowest BCUT2D eigenvalue weighted by molar-refractivity contribution is 0.880. The van der Waals surface area contributed by atoms with E-state index in [1.165, 1.54) is 11.1 Å². The third kappa shape index (κ3) is 3.42. The van der Waals surface area contributed by atoms with Gasteiger partial charge in [0, 0.05) is 17.7 Å². The number of aromatic amines is 1. The fourth-order valence-electron chi connectivity index (χ4n) is 3.04. The first-order valence-electron chi connectivity index (χ1n) is 8.11. The van der Waals surface area contributed by atoms with E-state index in [-0.39, 0.29) is 11.5 Å². The summed E-state index contributed by atoms with van der Waals surface area (Å²) < 4.78 is 0. The van der Waals surface area contributed by atoms with Gasteiger partial charge in [-0.05, 0) is 29.2 Å². The highest BCUT2D eigenvalue weighted by Crippen LogP contribution is 2.31. The summed E-state index contributed by atoms with van der Waals surface area (Å²) >= 11 is 0. The molecule has 0 amide bonds. The summed E-state index contributed by atoms with van der Waals surface area (Å²) in [5.74, 6) is 0.129. The van der Waals surface area contributed by atoms with Crippen LogP contribution in [0.25, 0.3) is 0 Å². The number of hydrogen-bond acceptors (Lipinski definition) is 1. The maximum atomic E-state index is 12.0. The summed E-state index contributed by atoms with van der Waals surface area (Å²) in [6.45, 7) is 2.10. The monoisotopic (exact) mass is 303 g/mol. The highest BCUT2D eigenvalue weighted by molar-refractivity contribution is 5.42. The average molecular weight is 303 g/mol. The molecule has 23 heavy (non-hydrogen) atoms. The van der Waals surface area contributed by atoms with Crippen LogP contribution in [0.4, 0.5) is 0 Å². The Labute approximate surface area is 136 Å². The second-order valence-electron chi connectivity index (χ2n) is 5.79. The van der Waals surface area contributed by atoms with Crippen LogP contribution in [0.2, 0.25) is 0 Å². The SMILES string of the molecule is CCCc1cc(C(c2ccccc2)c2ccccc2)c[nH]c1=O. The maximum Gasteiger partial charge on any atom is 0.251 e. The summed E-state index contributed by atoms with van der Waals surface area (Å²) in [5, 5.41) is 0. The summed E-state index contributed by atoms with van der Waals surface area (Å²) in [6, 6.07) is 22.9. The van der Waals surface area contributed by atoms with Gasteiger partial charge in [0.1, 0.15) is 0 Å². The van der Waals surface area contributed by atoms with Crippen molar-refractivity contribution in [3.05, 3.63) is 106 Å². The smallest absolute Gasteiger partial charge is 0.251 e. The highest BCUT2D eigenvalue weighted by atomic mass is 16.1. The summed E-state index contributed by atoms with van der Waals surface area (Å²) in [4.78, 5) is 14.9. The molecule has 0 fully saturated rings. The van der Waals surface area contributed by atoms with Crippen LogP contribution in [0.15, 0.2) is 77.7 Å². The van der Waals surface area contributed by atoms with E-state index < -0.39 is 0 Å². The fraction of sp³-hybridized carbons (Fsp3) is 0.190. The number of benzene rings is 2. The van der Waals surface area contributed by atoms with E-state index in [4.69, 9.17) is 0 Å². The molecule has 0 saturated heterocycles. The number of hydrogen-bond donors (Lipinski definition) is 1. The van der Waals surface area contributed by atoms with E-state index >= 15 is 0 Å². The third-order valence-corrected chi connectivity index (χ3v) is 4.12. The fourth-order valence-corrected chi connectivity index (χ4v) is 3.04. The van der Waals surface area contributed by atoms with Gasteiger partial charge in [0.05, 0.1) is 0 Å². The van der Waals surface area contributed by atoms with Crippen molar-refractivity contribution in [2.45, 2.75) is 25.7 Å². The zero-order chi connectivity index (χ0) is 16.1. The van der Waals surface area contributed by atoms with Gasteiger partial charge in [0.2, 0.25) is 0 Å². The molecule has 0 saturated carbocycles. The number of aryl methyl sites for hydroxylation is 1. The van der Waals surface area contributed by atoms with E-state index in [0.717, 1.165) is 24.0 Å². The van der Waals surface area contributed by atoms with Gasteiger partial charge in [-0.25, -0.2) is 0 Å². The zero-order valence-electron chi connectivity index (χ0n) is 13.3. The van der Waals surface area contributed by atoms with Gasteiger partial charge in [-0.15, -0.1) is 0 Å². The lowest BCUT2D eigenvalue weighted by atomic mass is 9.85. The Hall–Kier alpha value is -2.61. The van der Waals surface area contributed by atoms with Gasteiger partial charge in [0.15, 0.2) is 0 Å². The first-order valence-corrected chi connectivity index (χ1v) is 8.11. The molecule has 2 nitrogen and oxygen atoms in total. The molecule has 0 spiro atoms. The van der Waals surface area contributed by atoms with Crippen molar-refractivity contribution in [3.63, 3.8) is 0 Å². The molecular formula is C21H21NO. The van der Waals surface area contributed by atoms with E-state index in [1.54, 1.807) is 0 Å². The van der Waals surface area contributed by atoms with Crippen molar-refractivity contribution in [1.82, 2.24) is 4.98 Å². The van der Waals surface area contributed by atoms with Crippen LogP contribution in [0, 0.1) is 0 Å². The van der Waals surface area contributed by atoms with Crippen LogP contribution in [0.3, 0.4) is 0 Å². The number of H-pyrrole nitrogens is 1. The molecule has 3 aromatic rings. The molecule has 3 rings (SSSR count). The summed E-state index contributed by atoms with van der Waals surface area (Å²) in [5.41, 5.74) is 4.48. The minimum Gasteiger partial charge on any atom is -0.329 e. The third-order valence-electron chi connectivity index (χ3n) is 4.12.